The minimum Gasteiger partial charge on any atom is -0.285 e. The molecule has 1 aromatic carbocycles. The zero-order valence-electron chi connectivity index (χ0n) is 12.4. The summed E-state index contributed by atoms with van der Waals surface area (Å²) in [4.78, 5) is 9.24. The van der Waals surface area contributed by atoms with E-state index in [-0.39, 0.29) is 0 Å². The first-order chi connectivity index (χ1) is 9.60. The number of fused-ring (bicyclic) bond motifs is 1. The largest absolute Gasteiger partial charge is 0.285 e. The highest BCUT2D eigenvalue weighted by Crippen LogP contribution is 2.24. The number of aromatic nitrogens is 3. The van der Waals surface area contributed by atoms with Crippen molar-refractivity contribution in [3.8, 4) is 11.3 Å². The quantitative estimate of drug-likeness (QED) is 0.703. The van der Waals surface area contributed by atoms with Gasteiger partial charge in [-0.15, -0.1) is 0 Å². The molecule has 0 radical (unpaired) electrons. The van der Waals surface area contributed by atoms with Gasteiger partial charge in [0.1, 0.15) is 0 Å². The Hall–Kier alpha value is -2.16. The first kappa shape index (κ1) is 12.9. The van der Waals surface area contributed by atoms with Crippen molar-refractivity contribution in [2.45, 2.75) is 34.1 Å². The smallest absolute Gasteiger partial charge is 0.234 e. The minimum absolute atomic E-state index is 0.787. The molecule has 0 saturated heterocycles. The first-order valence-corrected chi connectivity index (χ1v) is 7.02. The van der Waals surface area contributed by atoms with Gasteiger partial charge in [-0.25, -0.2) is 9.97 Å². The van der Waals surface area contributed by atoms with Gasteiger partial charge in [0.05, 0.1) is 5.69 Å². The molecule has 20 heavy (non-hydrogen) atoms. The maximum atomic E-state index is 4.71. The number of imidazole rings is 1. The van der Waals surface area contributed by atoms with Crippen molar-refractivity contribution in [3.05, 3.63) is 53.0 Å². The molecular weight excluding hydrogens is 246 g/mol. The number of rotatable bonds is 2. The van der Waals surface area contributed by atoms with Gasteiger partial charge in [0.15, 0.2) is 0 Å². The van der Waals surface area contributed by atoms with Crippen molar-refractivity contribution in [2.75, 3.05) is 0 Å². The Morgan fingerprint density at radius 1 is 1.00 bits per heavy atom. The Balaban J connectivity index is 2.20. The van der Waals surface area contributed by atoms with Gasteiger partial charge in [-0.3, -0.25) is 4.40 Å². The van der Waals surface area contributed by atoms with E-state index in [2.05, 4.69) is 60.5 Å². The van der Waals surface area contributed by atoms with Crippen LogP contribution >= 0.6 is 0 Å². The van der Waals surface area contributed by atoms with E-state index in [4.69, 9.17) is 4.98 Å². The normalized spacial score (nSPS) is 11.2. The van der Waals surface area contributed by atoms with Crippen LogP contribution in [0.4, 0.5) is 0 Å². The molecule has 2 aromatic heterocycles. The van der Waals surface area contributed by atoms with E-state index >= 15 is 0 Å². The van der Waals surface area contributed by atoms with E-state index in [9.17, 15) is 0 Å². The van der Waals surface area contributed by atoms with Crippen LogP contribution in [0.25, 0.3) is 17.0 Å². The van der Waals surface area contributed by atoms with E-state index in [1.807, 2.05) is 6.92 Å². The van der Waals surface area contributed by atoms with Gasteiger partial charge in [0.2, 0.25) is 5.78 Å². The molecule has 0 spiro atoms. The van der Waals surface area contributed by atoms with Crippen LogP contribution in [-0.2, 0) is 6.42 Å². The summed E-state index contributed by atoms with van der Waals surface area (Å²) in [5, 5.41) is 0. The number of aryl methyl sites for hydroxylation is 4. The highest BCUT2D eigenvalue weighted by atomic mass is 15.1. The topological polar surface area (TPSA) is 30.2 Å². The lowest BCUT2D eigenvalue weighted by Crippen LogP contribution is -1.97. The summed E-state index contributed by atoms with van der Waals surface area (Å²) in [5.41, 5.74) is 6.85. The summed E-state index contributed by atoms with van der Waals surface area (Å²) in [7, 11) is 0. The SMILES string of the molecule is CCc1ccc(-c2nc3nc(C)cc(C)n3c2C)cc1. The molecule has 3 aromatic rings. The summed E-state index contributed by atoms with van der Waals surface area (Å²) in [6.45, 7) is 8.38. The Kier molecular flexibility index (Phi) is 3.05. The number of hydrogen-bond donors (Lipinski definition) is 0. The molecule has 0 aliphatic carbocycles. The van der Waals surface area contributed by atoms with Crippen molar-refractivity contribution in [3.63, 3.8) is 0 Å². The average Bonchev–Trinajstić information content (AvgIpc) is 2.76. The molecule has 3 rings (SSSR count). The molecule has 0 saturated carbocycles. The second-order valence-corrected chi connectivity index (χ2v) is 5.27. The van der Waals surface area contributed by atoms with Gasteiger partial charge in [-0.1, -0.05) is 31.2 Å². The fourth-order valence-corrected chi connectivity index (χ4v) is 2.71. The van der Waals surface area contributed by atoms with E-state index in [1.165, 1.54) is 11.3 Å². The standard InChI is InChI=1S/C17H19N3/c1-5-14-6-8-15(9-7-14)16-13(4)20-12(3)10-11(2)18-17(20)19-16/h6-10H,5H2,1-4H3. The van der Waals surface area contributed by atoms with Crippen LogP contribution in [0, 0.1) is 20.8 Å². The summed E-state index contributed by atoms with van der Waals surface area (Å²) in [6.07, 6.45) is 1.06. The Bertz CT molecular complexity index is 767. The fraction of sp³-hybridized carbons (Fsp3) is 0.294. The molecule has 0 amide bonds. The van der Waals surface area contributed by atoms with Gasteiger partial charge in [0, 0.05) is 22.6 Å². The molecule has 0 bridgehead atoms. The summed E-state index contributed by atoms with van der Waals surface area (Å²) < 4.78 is 2.12. The molecular formula is C17H19N3. The second kappa shape index (κ2) is 4.75. The van der Waals surface area contributed by atoms with E-state index in [0.29, 0.717) is 0 Å². The summed E-state index contributed by atoms with van der Waals surface area (Å²) in [5.74, 6) is 0.787. The molecule has 0 aliphatic rings. The number of benzene rings is 1. The lowest BCUT2D eigenvalue weighted by molar-refractivity contribution is 0.982. The third kappa shape index (κ3) is 1.99. The van der Waals surface area contributed by atoms with Crippen LogP contribution in [0.5, 0.6) is 0 Å². The Morgan fingerprint density at radius 2 is 1.70 bits per heavy atom. The minimum atomic E-state index is 0.787. The van der Waals surface area contributed by atoms with Gasteiger partial charge < -0.3 is 0 Å². The van der Waals surface area contributed by atoms with E-state index < -0.39 is 0 Å². The predicted octanol–water partition coefficient (Wildman–Crippen LogP) is 3.88. The van der Waals surface area contributed by atoms with Crippen molar-refractivity contribution in [1.29, 1.82) is 0 Å². The van der Waals surface area contributed by atoms with E-state index in [1.54, 1.807) is 0 Å². The second-order valence-electron chi connectivity index (χ2n) is 5.27. The maximum Gasteiger partial charge on any atom is 0.234 e. The summed E-state index contributed by atoms with van der Waals surface area (Å²) >= 11 is 0. The lowest BCUT2D eigenvalue weighted by atomic mass is 10.1. The van der Waals surface area contributed by atoms with Crippen molar-refractivity contribution in [2.24, 2.45) is 0 Å². The zero-order valence-corrected chi connectivity index (χ0v) is 12.4. The average molecular weight is 265 g/mol. The highest BCUT2D eigenvalue weighted by molar-refractivity contribution is 5.65. The third-order valence-corrected chi connectivity index (χ3v) is 3.77. The Labute approximate surface area is 119 Å². The maximum absolute atomic E-state index is 4.71. The van der Waals surface area contributed by atoms with Crippen LogP contribution in [0.1, 0.15) is 29.6 Å². The van der Waals surface area contributed by atoms with Crippen LogP contribution in [0.3, 0.4) is 0 Å². The van der Waals surface area contributed by atoms with Crippen molar-refractivity contribution in [1.82, 2.24) is 14.4 Å². The third-order valence-electron chi connectivity index (χ3n) is 3.77. The molecule has 0 aliphatic heterocycles. The van der Waals surface area contributed by atoms with Crippen molar-refractivity contribution >= 4 is 5.78 Å². The highest BCUT2D eigenvalue weighted by Gasteiger charge is 2.13. The fourth-order valence-electron chi connectivity index (χ4n) is 2.71. The molecule has 0 atom stereocenters. The van der Waals surface area contributed by atoms with Gasteiger partial charge in [-0.05, 0) is 38.8 Å². The monoisotopic (exact) mass is 265 g/mol. The molecule has 0 unspecified atom stereocenters. The molecule has 0 fully saturated rings. The molecule has 3 nitrogen and oxygen atoms in total. The van der Waals surface area contributed by atoms with Crippen molar-refractivity contribution < 1.29 is 0 Å². The van der Waals surface area contributed by atoms with Crippen LogP contribution in [-0.4, -0.2) is 14.4 Å². The summed E-state index contributed by atoms with van der Waals surface area (Å²) in [6, 6.07) is 10.7. The van der Waals surface area contributed by atoms with Gasteiger partial charge >= 0.3 is 0 Å². The van der Waals surface area contributed by atoms with Crippen LogP contribution in [0.15, 0.2) is 30.3 Å². The molecule has 0 N–H and O–H groups in total. The Morgan fingerprint density at radius 3 is 2.35 bits per heavy atom. The van der Waals surface area contributed by atoms with Crippen LogP contribution < -0.4 is 0 Å². The molecule has 3 heteroatoms. The van der Waals surface area contributed by atoms with Gasteiger partial charge in [-0.2, -0.15) is 0 Å². The zero-order chi connectivity index (χ0) is 14.3. The number of hydrogen-bond acceptors (Lipinski definition) is 2. The predicted molar refractivity (Wildman–Crippen MR) is 82.0 cm³/mol. The van der Waals surface area contributed by atoms with E-state index in [0.717, 1.165) is 34.8 Å². The lowest BCUT2D eigenvalue weighted by Gasteiger charge is -2.04. The number of nitrogens with zero attached hydrogens (tertiary/aromatic N) is 3. The van der Waals surface area contributed by atoms with Crippen LogP contribution in [0.2, 0.25) is 0 Å². The van der Waals surface area contributed by atoms with Gasteiger partial charge in [0.25, 0.3) is 0 Å². The molecule has 2 heterocycles. The molecule has 102 valence electrons. The first-order valence-electron chi connectivity index (χ1n) is 7.02.